The van der Waals surface area contributed by atoms with Crippen LogP contribution in [0.5, 0.6) is 0 Å². The molecule has 0 spiro atoms. The maximum absolute atomic E-state index is 11.9. The number of anilines is 1. The highest BCUT2D eigenvalue weighted by molar-refractivity contribution is 6.03. The normalized spacial score (nSPS) is 10.1. The van der Waals surface area contributed by atoms with Crippen molar-refractivity contribution in [3.63, 3.8) is 0 Å². The Labute approximate surface area is 92.3 Å². The van der Waals surface area contributed by atoms with Crippen LogP contribution in [0, 0.1) is 6.92 Å². The summed E-state index contributed by atoms with van der Waals surface area (Å²) in [5.74, 6) is -0.228. The molecule has 16 heavy (non-hydrogen) atoms. The summed E-state index contributed by atoms with van der Waals surface area (Å²) in [6, 6.07) is 7.61. The van der Waals surface area contributed by atoms with E-state index in [0.717, 1.165) is 11.3 Å². The van der Waals surface area contributed by atoms with E-state index in [9.17, 15) is 4.79 Å². The monoisotopic (exact) mass is 217 g/mol. The molecule has 0 unspecified atom stereocenters. The first-order chi connectivity index (χ1) is 7.70. The zero-order valence-electron chi connectivity index (χ0n) is 9.01. The molecule has 0 fully saturated rings. The van der Waals surface area contributed by atoms with Crippen molar-refractivity contribution in [3.8, 4) is 0 Å². The Morgan fingerprint density at radius 1 is 1.38 bits per heavy atom. The standard InChI is InChI=1S/C10H11N5O/c1-7-5-3-4-6-8(7)15(2)10(16)9-11-13-14-12-9/h3-6H,1-2H3,(H,11,12,13,14). The number of nitrogens with one attached hydrogen (secondary N) is 1. The average molecular weight is 217 g/mol. The van der Waals surface area contributed by atoms with Crippen LogP contribution in [0.1, 0.15) is 16.2 Å². The van der Waals surface area contributed by atoms with Crippen LogP contribution in [0.3, 0.4) is 0 Å². The van der Waals surface area contributed by atoms with Crippen LogP contribution in [0.25, 0.3) is 0 Å². The lowest BCUT2D eigenvalue weighted by Gasteiger charge is -2.17. The first-order valence-electron chi connectivity index (χ1n) is 4.77. The highest BCUT2D eigenvalue weighted by Gasteiger charge is 2.18. The maximum atomic E-state index is 11.9. The molecule has 1 heterocycles. The van der Waals surface area contributed by atoms with E-state index < -0.39 is 0 Å². The van der Waals surface area contributed by atoms with Gasteiger partial charge in [0, 0.05) is 12.7 Å². The average Bonchev–Trinajstić information content (AvgIpc) is 2.81. The van der Waals surface area contributed by atoms with Crippen molar-refractivity contribution >= 4 is 11.6 Å². The van der Waals surface area contributed by atoms with E-state index >= 15 is 0 Å². The number of carbonyl (C=O) groups excluding carboxylic acids is 1. The molecule has 0 saturated heterocycles. The molecule has 0 saturated carbocycles. The van der Waals surface area contributed by atoms with Crippen LogP contribution in [0.4, 0.5) is 5.69 Å². The van der Waals surface area contributed by atoms with Crippen LogP contribution in [0.15, 0.2) is 24.3 Å². The number of amides is 1. The van der Waals surface area contributed by atoms with Gasteiger partial charge in [0.05, 0.1) is 0 Å². The zero-order chi connectivity index (χ0) is 11.5. The molecule has 82 valence electrons. The summed E-state index contributed by atoms with van der Waals surface area (Å²) in [4.78, 5) is 13.4. The van der Waals surface area contributed by atoms with Gasteiger partial charge in [0.15, 0.2) is 0 Å². The Morgan fingerprint density at radius 3 is 2.75 bits per heavy atom. The summed E-state index contributed by atoms with van der Waals surface area (Å²) in [7, 11) is 1.68. The number of tetrazole rings is 1. The fourth-order valence-corrected chi connectivity index (χ4v) is 1.45. The van der Waals surface area contributed by atoms with Crippen LogP contribution in [-0.2, 0) is 0 Å². The Kier molecular flexibility index (Phi) is 2.63. The van der Waals surface area contributed by atoms with E-state index in [1.54, 1.807) is 7.05 Å². The molecule has 1 aromatic carbocycles. The van der Waals surface area contributed by atoms with E-state index in [4.69, 9.17) is 0 Å². The van der Waals surface area contributed by atoms with Gasteiger partial charge in [0.25, 0.3) is 11.7 Å². The third-order valence-electron chi connectivity index (χ3n) is 2.32. The highest BCUT2D eigenvalue weighted by atomic mass is 16.2. The van der Waals surface area contributed by atoms with Gasteiger partial charge in [-0.1, -0.05) is 18.2 Å². The molecule has 0 aliphatic rings. The van der Waals surface area contributed by atoms with Crippen LogP contribution >= 0.6 is 0 Å². The van der Waals surface area contributed by atoms with E-state index in [1.165, 1.54) is 4.90 Å². The minimum atomic E-state index is -0.289. The molecule has 2 aromatic rings. The number of aromatic amines is 1. The summed E-state index contributed by atoms with van der Waals surface area (Å²) in [6.45, 7) is 1.94. The molecule has 1 N–H and O–H groups in total. The lowest BCUT2D eigenvalue weighted by atomic mass is 10.2. The van der Waals surface area contributed by atoms with Crippen LogP contribution in [-0.4, -0.2) is 33.6 Å². The Bertz CT molecular complexity index is 494. The van der Waals surface area contributed by atoms with Gasteiger partial charge in [-0.2, -0.15) is 5.21 Å². The number of para-hydroxylation sites is 1. The van der Waals surface area contributed by atoms with Crippen molar-refractivity contribution in [3.05, 3.63) is 35.7 Å². The number of hydrogen-bond donors (Lipinski definition) is 1. The van der Waals surface area contributed by atoms with Crippen LogP contribution in [0.2, 0.25) is 0 Å². The smallest absolute Gasteiger partial charge is 0.299 e. The fraction of sp³-hybridized carbons (Fsp3) is 0.200. The lowest BCUT2D eigenvalue weighted by Crippen LogP contribution is -2.27. The number of rotatable bonds is 2. The molecule has 0 atom stereocenters. The van der Waals surface area contributed by atoms with Crippen molar-refractivity contribution in [1.29, 1.82) is 0 Å². The highest BCUT2D eigenvalue weighted by Crippen LogP contribution is 2.18. The number of benzene rings is 1. The van der Waals surface area contributed by atoms with Gasteiger partial charge >= 0.3 is 0 Å². The number of carbonyl (C=O) groups is 1. The minimum absolute atomic E-state index is 0.0609. The molecule has 6 nitrogen and oxygen atoms in total. The van der Waals surface area contributed by atoms with Gasteiger partial charge in [-0.15, -0.1) is 10.2 Å². The van der Waals surface area contributed by atoms with Crippen molar-refractivity contribution in [2.45, 2.75) is 6.92 Å². The quantitative estimate of drug-likeness (QED) is 0.806. The largest absolute Gasteiger partial charge is 0.308 e. The molecule has 0 bridgehead atoms. The van der Waals surface area contributed by atoms with Gasteiger partial charge in [0.1, 0.15) is 0 Å². The molecule has 1 amide bonds. The van der Waals surface area contributed by atoms with E-state index in [-0.39, 0.29) is 11.7 Å². The molecule has 6 heteroatoms. The van der Waals surface area contributed by atoms with Crippen molar-refractivity contribution in [2.24, 2.45) is 0 Å². The predicted octanol–water partition coefficient (Wildman–Crippen LogP) is 0.785. The molecule has 0 radical (unpaired) electrons. The SMILES string of the molecule is Cc1ccccc1N(C)C(=O)c1nn[nH]n1. The second-order valence-electron chi connectivity index (χ2n) is 3.39. The number of nitrogens with zero attached hydrogens (tertiary/aromatic N) is 4. The van der Waals surface area contributed by atoms with Gasteiger partial charge in [0.2, 0.25) is 0 Å². The first kappa shape index (κ1) is 10.3. The van der Waals surface area contributed by atoms with Gasteiger partial charge in [-0.25, -0.2) is 0 Å². The minimum Gasteiger partial charge on any atom is -0.308 e. The Balaban J connectivity index is 2.30. The van der Waals surface area contributed by atoms with Gasteiger partial charge in [-0.05, 0) is 23.8 Å². The molecule has 0 aliphatic carbocycles. The third kappa shape index (κ3) is 1.77. The van der Waals surface area contributed by atoms with Crippen molar-refractivity contribution < 1.29 is 4.79 Å². The van der Waals surface area contributed by atoms with Crippen molar-refractivity contribution in [1.82, 2.24) is 20.6 Å². The van der Waals surface area contributed by atoms with Crippen LogP contribution < -0.4 is 4.90 Å². The third-order valence-corrected chi connectivity index (χ3v) is 2.32. The summed E-state index contributed by atoms with van der Waals surface area (Å²) < 4.78 is 0. The second kappa shape index (κ2) is 4.09. The Hall–Kier alpha value is -2.24. The number of aryl methyl sites for hydroxylation is 1. The molecular formula is C10H11N5O. The summed E-state index contributed by atoms with van der Waals surface area (Å²) in [5.41, 5.74) is 1.85. The molecule has 0 aliphatic heterocycles. The topological polar surface area (TPSA) is 74.8 Å². The Morgan fingerprint density at radius 2 is 2.12 bits per heavy atom. The van der Waals surface area contributed by atoms with E-state index in [1.807, 2.05) is 31.2 Å². The molecular weight excluding hydrogens is 206 g/mol. The molecule has 1 aromatic heterocycles. The van der Waals surface area contributed by atoms with Gasteiger partial charge < -0.3 is 4.90 Å². The molecule has 2 rings (SSSR count). The summed E-state index contributed by atoms with van der Waals surface area (Å²) in [5, 5.41) is 12.9. The number of aromatic nitrogens is 4. The maximum Gasteiger partial charge on any atom is 0.299 e. The zero-order valence-corrected chi connectivity index (χ0v) is 9.01. The van der Waals surface area contributed by atoms with Crippen molar-refractivity contribution in [2.75, 3.05) is 11.9 Å². The van der Waals surface area contributed by atoms with Gasteiger partial charge in [-0.3, -0.25) is 4.79 Å². The van der Waals surface area contributed by atoms with E-state index in [2.05, 4.69) is 20.6 Å². The first-order valence-corrected chi connectivity index (χ1v) is 4.77. The second-order valence-corrected chi connectivity index (χ2v) is 3.39. The summed E-state index contributed by atoms with van der Waals surface area (Å²) >= 11 is 0. The summed E-state index contributed by atoms with van der Waals surface area (Å²) in [6.07, 6.45) is 0. The number of hydrogen-bond acceptors (Lipinski definition) is 4. The number of H-pyrrole nitrogens is 1. The predicted molar refractivity (Wildman–Crippen MR) is 58.1 cm³/mol. The van der Waals surface area contributed by atoms with E-state index in [0.29, 0.717) is 0 Å². The lowest BCUT2D eigenvalue weighted by molar-refractivity contribution is 0.0983. The fourth-order valence-electron chi connectivity index (χ4n) is 1.45.